The first kappa shape index (κ1) is 9.77. The lowest BCUT2D eigenvalue weighted by molar-refractivity contribution is -0.119. The largest absolute Gasteiger partial charge is 0.399 e. The third-order valence-corrected chi connectivity index (χ3v) is 2.53. The number of nitrogens with two attached hydrogens (primary N) is 1. The topological polar surface area (TPSA) is 55.1 Å². The van der Waals surface area contributed by atoms with Gasteiger partial charge in [0.1, 0.15) is 0 Å². The highest BCUT2D eigenvalue weighted by Crippen LogP contribution is 2.20. The maximum Gasteiger partial charge on any atom is 0.228 e. The van der Waals surface area contributed by atoms with Gasteiger partial charge in [-0.25, -0.2) is 0 Å². The highest BCUT2D eigenvalue weighted by atomic mass is 16.1. The molecule has 1 aromatic rings. The number of carbonyl (C=O) groups is 1. The van der Waals surface area contributed by atoms with Crippen LogP contribution in [0, 0.1) is 5.92 Å². The number of hydrogen-bond acceptors (Lipinski definition) is 2. The minimum absolute atomic E-state index is 0.0746. The van der Waals surface area contributed by atoms with Crippen molar-refractivity contribution in [2.24, 2.45) is 5.92 Å². The molecule has 1 amide bonds. The van der Waals surface area contributed by atoms with Crippen LogP contribution in [-0.4, -0.2) is 5.91 Å². The number of nitrogens with one attached hydrogen (secondary N) is 1. The fourth-order valence-corrected chi connectivity index (χ4v) is 1.69. The van der Waals surface area contributed by atoms with Gasteiger partial charge in [-0.2, -0.15) is 0 Å². The first-order valence-corrected chi connectivity index (χ1v) is 5.07. The van der Waals surface area contributed by atoms with Crippen LogP contribution in [0.1, 0.15) is 12.8 Å². The second kappa shape index (κ2) is 4.17. The zero-order chi connectivity index (χ0) is 10.7. The van der Waals surface area contributed by atoms with Crippen LogP contribution in [0.4, 0.5) is 11.4 Å². The molecule has 0 saturated heterocycles. The van der Waals surface area contributed by atoms with Crippen molar-refractivity contribution in [3.8, 4) is 0 Å². The van der Waals surface area contributed by atoms with E-state index in [1.54, 1.807) is 12.1 Å². The highest BCUT2D eigenvalue weighted by molar-refractivity contribution is 5.93. The molecule has 0 saturated carbocycles. The van der Waals surface area contributed by atoms with E-state index in [4.69, 9.17) is 5.73 Å². The van der Waals surface area contributed by atoms with Gasteiger partial charge in [-0.1, -0.05) is 18.2 Å². The molecule has 0 heterocycles. The zero-order valence-corrected chi connectivity index (χ0v) is 8.44. The standard InChI is InChI=1S/C12H14N2O/c13-10-6-3-7-11(8-10)14-12(15)9-4-1-2-5-9/h1-3,6-9H,4-5,13H2,(H,14,15). The monoisotopic (exact) mass is 202 g/mol. The van der Waals surface area contributed by atoms with Crippen molar-refractivity contribution in [3.05, 3.63) is 36.4 Å². The minimum Gasteiger partial charge on any atom is -0.399 e. The number of anilines is 2. The normalized spacial score (nSPS) is 15.5. The van der Waals surface area contributed by atoms with E-state index in [1.807, 2.05) is 24.3 Å². The molecule has 0 radical (unpaired) electrons. The summed E-state index contributed by atoms with van der Waals surface area (Å²) in [6.45, 7) is 0. The van der Waals surface area contributed by atoms with Gasteiger partial charge in [0.15, 0.2) is 0 Å². The lowest BCUT2D eigenvalue weighted by Gasteiger charge is -2.10. The summed E-state index contributed by atoms with van der Waals surface area (Å²) in [5.74, 6) is 0.164. The van der Waals surface area contributed by atoms with E-state index >= 15 is 0 Å². The number of benzene rings is 1. The number of rotatable bonds is 2. The van der Waals surface area contributed by atoms with Crippen LogP contribution in [-0.2, 0) is 4.79 Å². The second-order valence-corrected chi connectivity index (χ2v) is 3.75. The van der Waals surface area contributed by atoms with Gasteiger partial charge in [0.2, 0.25) is 5.91 Å². The van der Waals surface area contributed by atoms with Crippen LogP contribution in [0.25, 0.3) is 0 Å². The van der Waals surface area contributed by atoms with E-state index in [1.165, 1.54) is 0 Å². The third kappa shape index (κ3) is 2.37. The van der Waals surface area contributed by atoms with Crippen LogP contribution < -0.4 is 11.1 Å². The zero-order valence-electron chi connectivity index (χ0n) is 8.44. The summed E-state index contributed by atoms with van der Waals surface area (Å²) in [7, 11) is 0. The number of hydrogen-bond donors (Lipinski definition) is 2. The van der Waals surface area contributed by atoms with Gasteiger partial charge in [0.25, 0.3) is 0 Å². The Bertz CT molecular complexity index is 390. The van der Waals surface area contributed by atoms with Crippen molar-refractivity contribution < 1.29 is 4.79 Å². The van der Waals surface area contributed by atoms with Crippen molar-refractivity contribution >= 4 is 17.3 Å². The molecule has 1 aliphatic carbocycles. The first-order chi connectivity index (χ1) is 7.25. The molecular formula is C12H14N2O. The molecule has 0 atom stereocenters. The molecule has 2 rings (SSSR count). The van der Waals surface area contributed by atoms with Gasteiger partial charge in [-0.15, -0.1) is 0 Å². The Labute approximate surface area is 89.0 Å². The van der Waals surface area contributed by atoms with E-state index in [0.717, 1.165) is 18.5 Å². The Morgan fingerprint density at radius 1 is 1.33 bits per heavy atom. The van der Waals surface area contributed by atoms with Crippen LogP contribution in [0.15, 0.2) is 36.4 Å². The second-order valence-electron chi connectivity index (χ2n) is 3.75. The average Bonchev–Trinajstić information content (AvgIpc) is 2.70. The summed E-state index contributed by atoms with van der Waals surface area (Å²) in [6, 6.07) is 7.24. The smallest absolute Gasteiger partial charge is 0.228 e. The maximum absolute atomic E-state index is 11.7. The predicted molar refractivity (Wildman–Crippen MR) is 61.3 cm³/mol. The number of allylic oxidation sites excluding steroid dienone is 2. The molecule has 3 nitrogen and oxygen atoms in total. The Balaban J connectivity index is 1.99. The lowest BCUT2D eigenvalue weighted by atomic mass is 10.1. The summed E-state index contributed by atoms with van der Waals surface area (Å²) >= 11 is 0. The molecule has 3 heteroatoms. The SMILES string of the molecule is Nc1cccc(NC(=O)C2CC=CC2)c1. The van der Waals surface area contributed by atoms with Crippen molar-refractivity contribution in [2.45, 2.75) is 12.8 Å². The quantitative estimate of drug-likeness (QED) is 0.570. The van der Waals surface area contributed by atoms with Crippen molar-refractivity contribution in [1.29, 1.82) is 0 Å². The molecule has 0 spiro atoms. The molecule has 1 aliphatic rings. The summed E-state index contributed by atoms with van der Waals surface area (Å²) in [5.41, 5.74) is 7.06. The molecular weight excluding hydrogens is 188 g/mol. The van der Waals surface area contributed by atoms with Gasteiger partial charge in [-0.05, 0) is 31.0 Å². The van der Waals surface area contributed by atoms with Crippen LogP contribution in [0.3, 0.4) is 0 Å². The molecule has 0 unspecified atom stereocenters. The van der Waals surface area contributed by atoms with E-state index in [2.05, 4.69) is 5.32 Å². The van der Waals surface area contributed by atoms with Gasteiger partial charge in [-0.3, -0.25) is 4.79 Å². The van der Waals surface area contributed by atoms with E-state index < -0.39 is 0 Å². The molecule has 0 aromatic heterocycles. The summed E-state index contributed by atoms with van der Waals surface area (Å²) < 4.78 is 0. The van der Waals surface area contributed by atoms with Gasteiger partial charge < -0.3 is 11.1 Å². The Morgan fingerprint density at radius 2 is 2.07 bits per heavy atom. The van der Waals surface area contributed by atoms with Crippen molar-refractivity contribution in [3.63, 3.8) is 0 Å². The number of nitrogen functional groups attached to an aromatic ring is 1. The molecule has 15 heavy (non-hydrogen) atoms. The summed E-state index contributed by atoms with van der Waals surface area (Å²) in [5, 5.41) is 2.87. The molecule has 3 N–H and O–H groups in total. The van der Waals surface area contributed by atoms with Crippen molar-refractivity contribution in [1.82, 2.24) is 0 Å². The van der Waals surface area contributed by atoms with Crippen LogP contribution >= 0.6 is 0 Å². The number of amides is 1. The highest BCUT2D eigenvalue weighted by Gasteiger charge is 2.18. The minimum atomic E-state index is 0.0746. The van der Waals surface area contributed by atoms with Gasteiger partial charge in [0.05, 0.1) is 0 Å². The molecule has 1 aromatic carbocycles. The van der Waals surface area contributed by atoms with E-state index in [9.17, 15) is 4.79 Å². The summed E-state index contributed by atoms with van der Waals surface area (Å²) in [6.07, 6.45) is 5.77. The maximum atomic E-state index is 11.7. The molecule has 0 aliphatic heterocycles. The van der Waals surface area contributed by atoms with Gasteiger partial charge in [0, 0.05) is 17.3 Å². The summed E-state index contributed by atoms with van der Waals surface area (Å²) in [4.78, 5) is 11.7. The van der Waals surface area contributed by atoms with E-state index in [-0.39, 0.29) is 11.8 Å². The third-order valence-electron chi connectivity index (χ3n) is 2.53. The average molecular weight is 202 g/mol. The fraction of sp³-hybridized carbons (Fsp3) is 0.250. The lowest BCUT2D eigenvalue weighted by Crippen LogP contribution is -2.20. The number of carbonyl (C=O) groups excluding carboxylic acids is 1. The predicted octanol–water partition coefficient (Wildman–Crippen LogP) is 2.17. The first-order valence-electron chi connectivity index (χ1n) is 5.07. The Morgan fingerprint density at radius 3 is 2.73 bits per heavy atom. The molecule has 0 fully saturated rings. The Hall–Kier alpha value is -1.77. The van der Waals surface area contributed by atoms with Gasteiger partial charge >= 0.3 is 0 Å². The fourth-order valence-electron chi connectivity index (χ4n) is 1.69. The van der Waals surface area contributed by atoms with Crippen LogP contribution in [0.5, 0.6) is 0 Å². The van der Waals surface area contributed by atoms with E-state index in [0.29, 0.717) is 5.69 Å². The van der Waals surface area contributed by atoms with Crippen LogP contribution in [0.2, 0.25) is 0 Å². The Kier molecular flexibility index (Phi) is 2.72. The van der Waals surface area contributed by atoms with Crippen molar-refractivity contribution in [2.75, 3.05) is 11.1 Å². The molecule has 78 valence electrons. The molecule has 0 bridgehead atoms.